The SMILES string of the molecule is c1ccc(C[C@@H]2CCC[C@H]2OCC2CC2)cc1. The van der Waals surface area contributed by atoms with Crippen LogP contribution in [0.4, 0.5) is 0 Å². The quantitative estimate of drug-likeness (QED) is 0.747. The van der Waals surface area contributed by atoms with E-state index in [4.69, 9.17) is 4.74 Å². The molecule has 2 aliphatic carbocycles. The average molecular weight is 230 g/mol. The van der Waals surface area contributed by atoms with E-state index in [-0.39, 0.29) is 0 Å². The van der Waals surface area contributed by atoms with Gasteiger partial charge in [0.15, 0.2) is 0 Å². The molecule has 0 aliphatic heterocycles. The zero-order valence-electron chi connectivity index (χ0n) is 10.5. The van der Waals surface area contributed by atoms with E-state index >= 15 is 0 Å². The Kier molecular flexibility index (Phi) is 3.46. The highest BCUT2D eigenvalue weighted by Crippen LogP contribution is 2.34. The van der Waals surface area contributed by atoms with Gasteiger partial charge in [0.25, 0.3) is 0 Å². The molecule has 0 spiro atoms. The molecule has 1 aromatic rings. The predicted octanol–water partition coefficient (Wildman–Crippen LogP) is 3.82. The summed E-state index contributed by atoms with van der Waals surface area (Å²) in [5, 5.41) is 0. The van der Waals surface area contributed by atoms with Crippen LogP contribution in [-0.4, -0.2) is 12.7 Å². The Morgan fingerprint density at radius 3 is 2.59 bits per heavy atom. The first-order valence-electron chi connectivity index (χ1n) is 7.07. The van der Waals surface area contributed by atoms with Gasteiger partial charge in [-0.1, -0.05) is 36.8 Å². The molecule has 0 radical (unpaired) electrons. The molecule has 0 N–H and O–H groups in total. The van der Waals surface area contributed by atoms with Gasteiger partial charge in [-0.2, -0.15) is 0 Å². The Hall–Kier alpha value is -0.820. The minimum Gasteiger partial charge on any atom is -0.378 e. The minimum absolute atomic E-state index is 0.538. The first-order valence-corrected chi connectivity index (χ1v) is 7.07. The molecule has 3 rings (SSSR count). The molecule has 2 saturated carbocycles. The van der Waals surface area contributed by atoms with E-state index in [0.29, 0.717) is 6.10 Å². The van der Waals surface area contributed by atoms with Crippen molar-refractivity contribution in [3.8, 4) is 0 Å². The van der Waals surface area contributed by atoms with E-state index in [2.05, 4.69) is 30.3 Å². The van der Waals surface area contributed by atoms with Crippen LogP contribution in [0, 0.1) is 11.8 Å². The van der Waals surface area contributed by atoms with E-state index < -0.39 is 0 Å². The van der Waals surface area contributed by atoms with E-state index in [1.54, 1.807) is 0 Å². The lowest BCUT2D eigenvalue weighted by Gasteiger charge is -2.20. The van der Waals surface area contributed by atoms with Crippen molar-refractivity contribution in [1.82, 2.24) is 0 Å². The van der Waals surface area contributed by atoms with Crippen LogP contribution in [0.3, 0.4) is 0 Å². The molecule has 1 nitrogen and oxygen atoms in total. The van der Waals surface area contributed by atoms with Crippen molar-refractivity contribution in [2.24, 2.45) is 11.8 Å². The van der Waals surface area contributed by atoms with Gasteiger partial charge in [-0.3, -0.25) is 0 Å². The molecule has 17 heavy (non-hydrogen) atoms. The number of benzene rings is 1. The molecule has 1 aromatic carbocycles. The van der Waals surface area contributed by atoms with Crippen LogP contribution in [0.1, 0.15) is 37.7 Å². The van der Waals surface area contributed by atoms with Crippen LogP contribution in [0.15, 0.2) is 30.3 Å². The number of rotatable bonds is 5. The lowest BCUT2D eigenvalue weighted by atomic mass is 9.96. The van der Waals surface area contributed by atoms with Crippen LogP contribution in [0.2, 0.25) is 0 Å². The summed E-state index contributed by atoms with van der Waals surface area (Å²) in [6.07, 6.45) is 8.53. The zero-order chi connectivity index (χ0) is 11.5. The maximum Gasteiger partial charge on any atom is 0.0606 e. The summed E-state index contributed by atoms with van der Waals surface area (Å²) in [5.74, 6) is 1.66. The molecule has 0 bridgehead atoms. The lowest BCUT2D eigenvalue weighted by Crippen LogP contribution is -2.21. The Labute approximate surface area is 104 Å². The fourth-order valence-corrected chi connectivity index (χ4v) is 2.92. The Morgan fingerprint density at radius 2 is 1.82 bits per heavy atom. The van der Waals surface area contributed by atoms with Crippen LogP contribution >= 0.6 is 0 Å². The van der Waals surface area contributed by atoms with E-state index in [0.717, 1.165) is 18.4 Å². The van der Waals surface area contributed by atoms with Crippen molar-refractivity contribution in [1.29, 1.82) is 0 Å². The maximum absolute atomic E-state index is 6.11. The zero-order valence-corrected chi connectivity index (χ0v) is 10.5. The smallest absolute Gasteiger partial charge is 0.0606 e. The third-order valence-electron chi connectivity index (χ3n) is 4.17. The van der Waals surface area contributed by atoms with Gasteiger partial charge in [0.05, 0.1) is 6.10 Å². The Bertz CT molecular complexity index is 342. The first-order chi connectivity index (χ1) is 8.42. The van der Waals surface area contributed by atoms with Crippen LogP contribution in [0.5, 0.6) is 0 Å². The average Bonchev–Trinajstić information content (AvgIpc) is 3.09. The Balaban J connectivity index is 1.53. The summed E-state index contributed by atoms with van der Waals surface area (Å²) in [6, 6.07) is 10.9. The summed E-state index contributed by atoms with van der Waals surface area (Å²) >= 11 is 0. The van der Waals surface area contributed by atoms with Crippen molar-refractivity contribution in [2.75, 3.05) is 6.61 Å². The van der Waals surface area contributed by atoms with Crippen molar-refractivity contribution in [3.63, 3.8) is 0 Å². The van der Waals surface area contributed by atoms with Crippen molar-refractivity contribution >= 4 is 0 Å². The first kappa shape index (κ1) is 11.3. The topological polar surface area (TPSA) is 9.23 Å². The van der Waals surface area contributed by atoms with Gasteiger partial charge < -0.3 is 4.74 Å². The normalized spacial score (nSPS) is 28.5. The van der Waals surface area contributed by atoms with Crippen molar-refractivity contribution in [2.45, 2.75) is 44.6 Å². The maximum atomic E-state index is 6.11. The molecule has 0 unspecified atom stereocenters. The van der Waals surface area contributed by atoms with Crippen LogP contribution < -0.4 is 0 Å². The molecule has 0 amide bonds. The highest BCUT2D eigenvalue weighted by Gasteiger charge is 2.30. The summed E-state index contributed by atoms with van der Waals surface area (Å²) in [4.78, 5) is 0. The van der Waals surface area contributed by atoms with Gasteiger partial charge in [-0.05, 0) is 49.5 Å². The third-order valence-corrected chi connectivity index (χ3v) is 4.17. The summed E-state index contributed by atoms with van der Waals surface area (Å²) < 4.78 is 6.11. The highest BCUT2D eigenvalue weighted by atomic mass is 16.5. The fourth-order valence-electron chi connectivity index (χ4n) is 2.92. The standard InChI is InChI=1S/C16H22O/c1-2-5-13(6-3-1)11-15-7-4-8-16(15)17-12-14-9-10-14/h1-3,5-6,14-16H,4,7-12H2/t15-,16+/m0/s1. The van der Waals surface area contributed by atoms with Crippen LogP contribution in [0.25, 0.3) is 0 Å². The van der Waals surface area contributed by atoms with E-state index in [9.17, 15) is 0 Å². The highest BCUT2D eigenvalue weighted by molar-refractivity contribution is 5.15. The summed E-state index contributed by atoms with van der Waals surface area (Å²) in [6.45, 7) is 1.02. The molecule has 1 heteroatoms. The molecular weight excluding hydrogens is 208 g/mol. The monoisotopic (exact) mass is 230 g/mol. The Morgan fingerprint density at radius 1 is 1.00 bits per heavy atom. The largest absolute Gasteiger partial charge is 0.378 e. The molecule has 92 valence electrons. The molecule has 2 fully saturated rings. The van der Waals surface area contributed by atoms with Gasteiger partial charge in [0, 0.05) is 6.61 Å². The van der Waals surface area contributed by atoms with Crippen molar-refractivity contribution < 1.29 is 4.74 Å². The van der Waals surface area contributed by atoms with Gasteiger partial charge >= 0.3 is 0 Å². The van der Waals surface area contributed by atoms with Gasteiger partial charge in [-0.25, -0.2) is 0 Å². The van der Waals surface area contributed by atoms with Gasteiger partial charge in [-0.15, -0.1) is 0 Å². The molecule has 2 aliphatic rings. The second-order valence-corrected chi connectivity index (χ2v) is 5.70. The fraction of sp³-hybridized carbons (Fsp3) is 0.625. The minimum atomic E-state index is 0.538. The molecule has 2 atom stereocenters. The van der Waals surface area contributed by atoms with Gasteiger partial charge in [0.2, 0.25) is 0 Å². The molecule has 0 aromatic heterocycles. The second-order valence-electron chi connectivity index (χ2n) is 5.70. The van der Waals surface area contributed by atoms with Crippen LogP contribution in [-0.2, 0) is 11.2 Å². The molecular formula is C16H22O. The number of ether oxygens (including phenoxy) is 1. The van der Waals surface area contributed by atoms with E-state index in [1.807, 2.05) is 0 Å². The summed E-state index contributed by atoms with van der Waals surface area (Å²) in [5.41, 5.74) is 1.47. The molecule has 0 heterocycles. The van der Waals surface area contributed by atoms with Gasteiger partial charge in [0.1, 0.15) is 0 Å². The lowest BCUT2D eigenvalue weighted by molar-refractivity contribution is 0.0215. The predicted molar refractivity (Wildman–Crippen MR) is 70.0 cm³/mol. The van der Waals surface area contributed by atoms with Crippen molar-refractivity contribution in [3.05, 3.63) is 35.9 Å². The number of hydrogen-bond donors (Lipinski definition) is 0. The number of hydrogen-bond acceptors (Lipinski definition) is 1. The molecule has 0 saturated heterocycles. The summed E-state index contributed by atoms with van der Waals surface area (Å²) in [7, 11) is 0. The second kappa shape index (κ2) is 5.22. The van der Waals surface area contributed by atoms with E-state index in [1.165, 1.54) is 44.1 Å². The third kappa shape index (κ3) is 3.10.